The van der Waals surface area contributed by atoms with E-state index in [1.807, 2.05) is 36.0 Å². The van der Waals surface area contributed by atoms with E-state index in [4.69, 9.17) is 5.73 Å². The van der Waals surface area contributed by atoms with Gasteiger partial charge in [-0.15, -0.1) is 11.3 Å². The SMILES string of the molecule is Cn1nccc1C(N)Cc1nc2ccccc2s1. The number of aryl methyl sites for hydroxylation is 1. The number of nitrogens with two attached hydrogens (primary N) is 1. The lowest BCUT2D eigenvalue weighted by Gasteiger charge is -2.09. The van der Waals surface area contributed by atoms with Crippen molar-refractivity contribution in [3.05, 3.63) is 47.2 Å². The molecule has 5 heteroatoms. The Morgan fingerprint density at radius 2 is 2.17 bits per heavy atom. The molecule has 1 aromatic carbocycles. The fourth-order valence-electron chi connectivity index (χ4n) is 2.05. The van der Waals surface area contributed by atoms with Gasteiger partial charge in [0.1, 0.15) is 0 Å². The van der Waals surface area contributed by atoms with Gasteiger partial charge in [-0.25, -0.2) is 4.98 Å². The van der Waals surface area contributed by atoms with E-state index in [0.717, 1.165) is 22.6 Å². The van der Waals surface area contributed by atoms with Gasteiger partial charge < -0.3 is 5.73 Å². The number of para-hydroxylation sites is 1. The van der Waals surface area contributed by atoms with Crippen molar-refractivity contribution in [2.24, 2.45) is 12.8 Å². The van der Waals surface area contributed by atoms with E-state index in [-0.39, 0.29) is 6.04 Å². The third-order valence-corrected chi connectivity index (χ3v) is 4.03. The molecule has 1 unspecified atom stereocenters. The van der Waals surface area contributed by atoms with E-state index in [9.17, 15) is 0 Å². The molecule has 2 aromatic heterocycles. The number of hydrogen-bond donors (Lipinski definition) is 1. The Hall–Kier alpha value is -1.72. The molecule has 0 fully saturated rings. The fraction of sp³-hybridized carbons (Fsp3) is 0.231. The van der Waals surface area contributed by atoms with Crippen molar-refractivity contribution in [2.75, 3.05) is 0 Å². The van der Waals surface area contributed by atoms with Gasteiger partial charge in [-0.2, -0.15) is 5.10 Å². The maximum atomic E-state index is 6.20. The minimum atomic E-state index is -0.0573. The Kier molecular flexibility index (Phi) is 2.85. The van der Waals surface area contributed by atoms with Crippen LogP contribution >= 0.6 is 11.3 Å². The second-order valence-electron chi connectivity index (χ2n) is 4.27. The average Bonchev–Trinajstić information content (AvgIpc) is 2.94. The zero-order chi connectivity index (χ0) is 12.5. The first-order chi connectivity index (χ1) is 8.74. The second-order valence-corrected chi connectivity index (χ2v) is 5.38. The Balaban J connectivity index is 1.86. The molecular formula is C13H14N4S. The summed E-state index contributed by atoms with van der Waals surface area (Å²) in [7, 11) is 1.91. The van der Waals surface area contributed by atoms with Crippen molar-refractivity contribution in [3.63, 3.8) is 0 Å². The Labute approximate surface area is 109 Å². The molecule has 4 nitrogen and oxygen atoms in total. The normalized spacial score (nSPS) is 13.0. The Bertz CT molecular complexity index is 637. The zero-order valence-electron chi connectivity index (χ0n) is 10.1. The monoisotopic (exact) mass is 258 g/mol. The maximum absolute atomic E-state index is 6.20. The number of benzene rings is 1. The van der Waals surface area contributed by atoms with Gasteiger partial charge in [-0.1, -0.05) is 12.1 Å². The molecule has 1 atom stereocenters. The predicted octanol–water partition coefficient (Wildman–Crippen LogP) is 2.27. The third kappa shape index (κ3) is 2.02. The molecule has 0 aliphatic carbocycles. The van der Waals surface area contributed by atoms with Gasteiger partial charge in [0.2, 0.25) is 0 Å². The molecule has 0 radical (unpaired) electrons. The summed E-state index contributed by atoms with van der Waals surface area (Å²) >= 11 is 1.71. The molecule has 3 aromatic rings. The number of thiazole rings is 1. The van der Waals surface area contributed by atoms with Gasteiger partial charge in [0.05, 0.1) is 27.0 Å². The minimum Gasteiger partial charge on any atom is -0.322 e. The van der Waals surface area contributed by atoms with Gasteiger partial charge >= 0.3 is 0 Å². The molecule has 0 saturated heterocycles. The molecule has 2 N–H and O–H groups in total. The molecule has 18 heavy (non-hydrogen) atoms. The highest BCUT2D eigenvalue weighted by Gasteiger charge is 2.13. The summed E-state index contributed by atoms with van der Waals surface area (Å²) in [5, 5.41) is 5.22. The summed E-state index contributed by atoms with van der Waals surface area (Å²) in [6.45, 7) is 0. The minimum absolute atomic E-state index is 0.0573. The van der Waals surface area contributed by atoms with Crippen LogP contribution in [0, 0.1) is 0 Å². The first-order valence-electron chi connectivity index (χ1n) is 5.82. The van der Waals surface area contributed by atoms with Crippen LogP contribution in [0.3, 0.4) is 0 Å². The molecule has 0 spiro atoms. The Morgan fingerprint density at radius 1 is 1.33 bits per heavy atom. The molecule has 2 heterocycles. The van der Waals surface area contributed by atoms with Crippen molar-refractivity contribution >= 4 is 21.6 Å². The fourth-order valence-corrected chi connectivity index (χ4v) is 3.07. The van der Waals surface area contributed by atoms with E-state index < -0.39 is 0 Å². The summed E-state index contributed by atoms with van der Waals surface area (Å²) < 4.78 is 3.03. The molecule has 0 aliphatic heterocycles. The molecule has 0 bridgehead atoms. The Morgan fingerprint density at radius 3 is 2.89 bits per heavy atom. The highest BCUT2D eigenvalue weighted by molar-refractivity contribution is 7.18. The molecule has 3 rings (SSSR count). The largest absolute Gasteiger partial charge is 0.322 e. The van der Waals surface area contributed by atoms with Crippen molar-refractivity contribution in [1.82, 2.24) is 14.8 Å². The third-order valence-electron chi connectivity index (χ3n) is 2.97. The van der Waals surface area contributed by atoms with Crippen LogP contribution in [-0.4, -0.2) is 14.8 Å². The highest BCUT2D eigenvalue weighted by atomic mass is 32.1. The molecule has 0 amide bonds. The van der Waals surface area contributed by atoms with Crippen LogP contribution in [-0.2, 0) is 13.5 Å². The quantitative estimate of drug-likeness (QED) is 0.784. The van der Waals surface area contributed by atoms with E-state index in [1.54, 1.807) is 17.5 Å². The smallest absolute Gasteiger partial charge is 0.0958 e. The molecule has 92 valence electrons. The first kappa shape index (κ1) is 11.4. The standard InChI is InChI=1S/C13H14N4S/c1-17-11(6-7-15-17)9(14)8-13-16-10-4-2-3-5-12(10)18-13/h2-7,9H,8,14H2,1H3. The van der Waals surface area contributed by atoms with Crippen LogP contribution in [0.4, 0.5) is 0 Å². The lowest BCUT2D eigenvalue weighted by molar-refractivity contribution is 0.616. The van der Waals surface area contributed by atoms with E-state index in [0.29, 0.717) is 0 Å². The van der Waals surface area contributed by atoms with Gasteiger partial charge in [0.15, 0.2) is 0 Å². The summed E-state index contributed by atoms with van der Waals surface area (Å²) in [4.78, 5) is 4.60. The van der Waals surface area contributed by atoms with Crippen LogP contribution in [0.25, 0.3) is 10.2 Å². The summed E-state index contributed by atoms with van der Waals surface area (Å²) in [6, 6.07) is 10.1. The molecule has 0 saturated carbocycles. The maximum Gasteiger partial charge on any atom is 0.0958 e. The van der Waals surface area contributed by atoms with E-state index in [2.05, 4.69) is 16.1 Å². The van der Waals surface area contributed by atoms with Gasteiger partial charge in [-0.05, 0) is 18.2 Å². The zero-order valence-corrected chi connectivity index (χ0v) is 10.9. The lowest BCUT2D eigenvalue weighted by atomic mass is 10.1. The summed E-state index contributed by atoms with van der Waals surface area (Å²) in [5.41, 5.74) is 8.29. The highest BCUT2D eigenvalue weighted by Crippen LogP contribution is 2.24. The van der Waals surface area contributed by atoms with Crippen LogP contribution < -0.4 is 5.73 Å². The summed E-state index contributed by atoms with van der Waals surface area (Å²) in [6.07, 6.45) is 2.52. The average molecular weight is 258 g/mol. The van der Waals surface area contributed by atoms with Crippen LogP contribution in [0.2, 0.25) is 0 Å². The predicted molar refractivity (Wildman–Crippen MR) is 73.5 cm³/mol. The number of nitrogens with zero attached hydrogens (tertiary/aromatic N) is 3. The van der Waals surface area contributed by atoms with E-state index >= 15 is 0 Å². The van der Waals surface area contributed by atoms with Crippen LogP contribution in [0.1, 0.15) is 16.7 Å². The van der Waals surface area contributed by atoms with Gasteiger partial charge in [-0.3, -0.25) is 4.68 Å². The van der Waals surface area contributed by atoms with Crippen molar-refractivity contribution in [1.29, 1.82) is 0 Å². The molecule has 0 aliphatic rings. The van der Waals surface area contributed by atoms with Gasteiger partial charge in [0.25, 0.3) is 0 Å². The molecular weight excluding hydrogens is 244 g/mol. The number of hydrogen-bond acceptors (Lipinski definition) is 4. The number of rotatable bonds is 3. The lowest BCUT2D eigenvalue weighted by Crippen LogP contribution is -2.16. The van der Waals surface area contributed by atoms with Crippen LogP contribution in [0.5, 0.6) is 0 Å². The van der Waals surface area contributed by atoms with Gasteiger partial charge in [0, 0.05) is 19.7 Å². The van der Waals surface area contributed by atoms with Crippen LogP contribution in [0.15, 0.2) is 36.5 Å². The second kappa shape index (κ2) is 4.51. The number of fused-ring (bicyclic) bond motifs is 1. The first-order valence-corrected chi connectivity index (χ1v) is 6.63. The number of aromatic nitrogens is 3. The van der Waals surface area contributed by atoms with E-state index in [1.165, 1.54) is 4.70 Å². The van der Waals surface area contributed by atoms with Crippen molar-refractivity contribution < 1.29 is 0 Å². The summed E-state index contributed by atoms with van der Waals surface area (Å²) in [5.74, 6) is 0. The van der Waals surface area contributed by atoms with Crippen molar-refractivity contribution in [3.8, 4) is 0 Å². The topological polar surface area (TPSA) is 56.7 Å². The van der Waals surface area contributed by atoms with Crippen molar-refractivity contribution in [2.45, 2.75) is 12.5 Å².